The minimum absolute atomic E-state index is 0.0293. The second kappa shape index (κ2) is 19.8. The highest BCUT2D eigenvalue weighted by atomic mass is 16.5. The van der Waals surface area contributed by atoms with E-state index in [1.54, 1.807) is 54.6 Å². The van der Waals surface area contributed by atoms with Gasteiger partial charge in [-0.2, -0.15) is 10.2 Å². The van der Waals surface area contributed by atoms with Crippen molar-refractivity contribution in [2.45, 2.75) is 65.9 Å². The standard InChI is InChI=1S/C46H56N14O8/c1-6-59-34(17-28(3)53-59)42(64)51-44-49-32-19-30(24-61)20-37(67-15-10-11-55-25-46(26-55)27-56(14-16-68-46)38(62)23-47)40(32)58(44)13-9-8-12-57-39-33(21-31(41(48)63)22-36(39)66-5)50-45(57)52-43(65)35-18-29(4)54-60(35)7-2/h8-9,17-22,24H,6-7,10-16,23,25-27,47H2,1-5H3,(H2,48,63)(H,49,51,64)(H,50,52,65)/b9-8+. The molecule has 0 radical (unpaired) electrons. The molecule has 22 nitrogen and oxygen atoms in total. The quantitative estimate of drug-likeness (QED) is 0.0517. The number of ether oxygens (including phenoxy) is 3. The topological polar surface area (TPSA) is 267 Å². The molecule has 6 aromatic rings. The van der Waals surface area contributed by atoms with Crippen molar-refractivity contribution >= 4 is 63.9 Å². The van der Waals surface area contributed by atoms with Crippen molar-refractivity contribution in [2.24, 2.45) is 11.5 Å². The van der Waals surface area contributed by atoms with Crippen molar-refractivity contribution in [3.05, 3.63) is 82.5 Å². The molecule has 4 aromatic heterocycles. The third kappa shape index (κ3) is 9.55. The summed E-state index contributed by atoms with van der Waals surface area (Å²) in [6, 6.07) is 9.74. The Kier molecular flexibility index (Phi) is 13.7. The minimum atomic E-state index is -0.671. The summed E-state index contributed by atoms with van der Waals surface area (Å²) in [5.41, 5.74) is 15.3. The molecule has 22 heteroatoms. The van der Waals surface area contributed by atoms with Gasteiger partial charge in [-0.15, -0.1) is 0 Å². The molecule has 2 aromatic carbocycles. The number of fused-ring (bicyclic) bond motifs is 2. The molecule has 68 heavy (non-hydrogen) atoms. The molecule has 6 heterocycles. The molecule has 0 bridgehead atoms. The summed E-state index contributed by atoms with van der Waals surface area (Å²) in [5.74, 6) is -0.525. The van der Waals surface area contributed by atoms with Crippen LogP contribution in [0.3, 0.4) is 0 Å². The van der Waals surface area contributed by atoms with Gasteiger partial charge in [-0.3, -0.25) is 48.9 Å². The van der Waals surface area contributed by atoms with Gasteiger partial charge in [-0.1, -0.05) is 12.2 Å². The van der Waals surface area contributed by atoms with Gasteiger partial charge in [0.25, 0.3) is 11.8 Å². The fourth-order valence-corrected chi connectivity index (χ4v) is 8.91. The van der Waals surface area contributed by atoms with Crippen molar-refractivity contribution in [1.29, 1.82) is 0 Å². The van der Waals surface area contributed by atoms with E-state index in [0.717, 1.165) is 6.29 Å². The maximum absolute atomic E-state index is 13.9. The number of allylic oxidation sites excluding steroid dienone is 2. The molecule has 8 rings (SSSR count). The normalized spacial score (nSPS) is 14.8. The molecule has 0 aliphatic carbocycles. The van der Waals surface area contributed by atoms with Crippen LogP contribution in [0.1, 0.15) is 73.3 Å². The van der Waals surface area contributed by atoms with Gasteiger partial charge in [0.1, 0.15) is 45.8 Å². The number of likely N-dealkylation sites (tertiary alicyclic amines) is 1. The van der Waals surface area contributed by atoms with Crippen molar-refractivity contribution in [3.63, 3.8) is 0 Å². The molecule has 6 N–H and O–H groups in total. The molecule has 0 saturated carbocycles. The first-order chi connectivity index (χ1) is 32.8. The molecule has 1 spiro atoms. The van der Waals surface area contributed by atoms with E-state index in [1.807, 2.05) is 32.9 Å². The first-order valence-electron chi connectivity index (χ1n) is 22.5. The fraction of sp³-hybridized carbons (Fsp3) is 0.413. The molecule has 2 saturated heterocycles. The Hall–Kier alpha value is -7.43. The lowest BCUT2D eigenvalue weighted by Crippen LogP contribution is -2.70. The predicted molar refractivity (Wildman–Crippen MR) is 251 cm³/mol. The number of rotatable bonds is 19. The van der Waals surface area contributed by atoms with Crippen molar-refractivity contribution in [3.8, 4) is 11.5 Å². The Morgan fingerprint density at radius 3 is 1.96 bits per heavy atom. The highest BCUT2D eigenvalue weighted by Gasteiger charge is 2.47. The zero-order valence-electron chi connectivity index (χ0n) is 38.8. The van der Waals surface area contributed by atoms with Crippen LogP contribution >= 0.6 is 0 Å². The number of methoxy groups -OCH3 is 1. The lowest BCUT2D eigenvalue weighted by Gasteiger charge is -2.54. The van der Waals surface area contributed by atoms with E-state index in [2.05, 4.69) is 25.7 Å². The van der Waals surface area contributed by atoms with Gasteiger partial charge in [0.2, 0.25) is 23.7 Å². The third-order valence-electron chi connectivity index (χ3n) is 12.0. The molecule has 2 aliphatic rings. The molecular formula is C46H56N14O8. The first-order valence-corrected chi connectivity index (χ1v) is 22.5. The fourth-order valence-electron chi connectivity index (χ4n) is 8.91. The second-order valence-corrected chi connectivity index (χ2v) is 16.8. The van der Waals surface area contributed by atoms with E-state index in [-0.39, 0.29) is 43.0 Å². The van der Waals surface area contributed by atoms with E-state index in [0.29, 0.717) is 127 Å². The molecular weight excluding hydrogens is 877 g/mol. The minimum Gasteiger partial charge on any atom is -0.494 e. The van der Waals surface area contributed by atoms with Crippen LogP contribution in [-0.4, -0.2) is 144 Å². The first kappa shape index (κ1) is 47.1. The number of amides is 4. The van der Waals surface area contributed by atoms with E-state index in [4.69, 9.17) is 35.6 Å². The number of morpholine rings is 1. The van der Waals surface area contributed by atoms with Gasteiger partial charge in [0, 0.05) is 63.5 Å². The third-order valence-corrected chi connectivity index (χ3v) is 12.0. The monoisotopic (exact) mass is 932 g/mol. The maximum Gasteiger partial charge on any atom is 0.276 e. The van der Waals surface area contributed by atoms with Gasteiger partial charge < -0.3 is 39.7 Å². The summed E-state index contributed by atoms with van der Waals surface area (Å²) < 4.78 is 25.0. The second-order valence-electron chi connectivity index (χ2n) is 16.8. The van der Waals surface area contributed by atoms with Crippen LogP contribution in [-0.2, 0) is 35.7 Å². The number of anilines is 2. The lowest BCUT2D eigenvalue weighted by atomic mass is 9.91. The molecule has 4 amide bonds. The Morgan fingerprint density at radius 1 is 0.824 bits per heavy atom. The summed E-state index contributed by atoms with van der Waals surface area (Å²) in [4.78, 5) is 77.9. The average molecular weight is 933 g/mol. The smallest absolute Gasteiger partial charge is 0.276 e. The predicted octanol–water partition coefficient (Wildman–Crippen LogP) is 2.76. The van der Waals surface area contributed by atoms with Crippen LogP contribution in [0, 0.1) is 13.8 Å². The molecule has 358 valence electrons. The highest BCUT2D eigenvalue weighted by Crippen LogP contribution is 2.34. The Balaban J connectivity index is 1.08. The van der Waals surface area contributed by atoms with Crippen LogP contribution in [0.4, 0.5) is 11.9 Å². The lowest BCUT2D eigenvalue weighted by molar-refractivity contribution is -0.188. The number of hydrogen-bond acceptors (Lipinski definition) is 14. The van der Waals surface area contributed by atoms with Crippen LogP contribution in [0.5, 0.6) is 11.5 Å². The number of carbonyl (C=O) groups is 5. The Morgan fingerprint density at radius 2 is 1.41 bits per heavy atom. The number of primary amides is 1. The number of imidazole rings is 2. The number of carbonyl (C=O) groups excluding carboxylic acids is 5. The Labute approximate surface area is 391 Å². The van der Waals surface area contributed by atoms with E-state index < -0.39 is 23.3 Å². The average Bonchev–Trinajstić information content (AvgIpc) is 4.09. The van der Waals surface area contributed by atoms with Gasteiger partial charge in [-0.25, -0.2) is 9.97 Å². The van der Waals surface area contributed by atoms with Gasteiger partial charge >= 0.3 is 0 Å². The van der Waals surface area contributed by atoms with Gasteiger partial charge in [-0.05, 0) is 70.5 Å². The zero-order valence-corrected chi connectivity index (χ0v) is 38.8. The van der Waals surface area contributed by atoms with E-state index >= 15 is 0 Å². The molecule has 2 aliphatic heterocycles. The van der Waals surface area contributed by atoms with Crippen molar-refractivity contribution in [2.75, 3.05) is 70.2 Å². The van der Waals surface area contributed by atoms with Crippen molar-refractivity contribution in [1.82, 2.24) is 48.5 Å². The van der Waals surface area contributed by atoms with E-state index in [1.165, 1.54) is 19.2 Å². The van der Waals surface area contributed by atoms with Crippen LogP contribution in [0.2, 0.25) is 0 Å². The highest BCUT2D eigenvalue weighted by molar-refractivity contribution is 6.05. The number of aldehydes is 1. The summed E-state index contributed by atoms with van der Waals surface area (Å²) >= 11 is 0. The number of hydrogen-bond donors (Lipinski definition) is 4. The molecule has 2 fully saturated rings. The SMILES string of the molecule is CCn1nc(C)cc1C(=O)Nc1nc2cc(C(N)=O)cc(OC)c2n1C/C=C/Cn1c(NC(=O)c2cc(C)nn2CC)nc2cc(C=O)cc(OCCCN3CC4(C3)CN(C(=O)CN)CCO4)c21. The maximum atomic E-state index is 13.9. The van der Waals surface area contributed by atoms with E-state index in [9.17, 15) is 24.0 Å². The molecule has 0 atom stereocenters. The van der Waals surface area contributed by atoms with Crippen LogP contribution < -0.4 is 31.6 Å². The largest absolute Gasteiger partial charge is 0.494 e. The number of aryl methyl sites for hydroxylation is 4. The van der Waals surface area contributed by atoms with Crippen LogP contribution in [0.25, 0.3) is 22.1 Å². The summed E-state index contributed by atoms with van der Waals surface area (Å²) in [6.07, 6.45) is 5.08. The number of aromatic nitrogens is 8. The summed E-state index contributed by atoms with van der Waals surface area (Å²) in [5, 5.41) is 14.7. The summed E-state index contributed by atoms with van der Waals surface area (Å²) in [7, 11) is 1.46. The molecule has 0 unspecified atom stereocenters. The number of nitrogens with one attached hydrogen (secondary N) is 2. The number of nitrogens with zero attached hydrogens (tertiary/aromatic N) is 10. The summed E-state index contributed by atoms with van der Waals surface area (Å²) in [6.45, 7) is 12.5. The van der Waals surface area contributed by atoms with Crippen molar-refractivity contribution < 1.29 is 38.2 Å². The zero-order chi connectivity index (χ0) is 48.3. The van der Waals surface area contributed by atoms with Crippen LogP contribution in [0.15, 0.2) is 48.6 Å². The Bertz CT molecular complexity index is 2940. The number of benzene rings is 2. The van der Waals surface area contributed by atoms with Gasteiger partial charge in [0.05, 0.1) is 55.8 Å². The number of nitrogens with two attached hydrogens (primary N) is 2. The van der Waals surface area contributed by atoms with Gasteiger partial charge in [0.15, 0.2) is 0 Å².